The number of thiophene rings is 1. The number of morpholine rings is 1. The number of imidazole rings is 3. The fraction of sp³-hybridized carbons (Fsp3) is 0.148. The minimum atomic E-state index is -3.36. The van der Waals surface area contributed by atoms with Gasteiger partial charge in [0.25, 0.3) is 0 Å². The molecule has 7 aromatic heterocycles. The van der Waals surface area contributed by atoms with Crippen LogP contribution < -0.4 is 35.0 Å². The van der Waals surface area contributed by atoms with E-state index in [1.165, 1.54) is 22.7 Å². The minimum Gasteiger partial charge on any atom is -0.508 e. The highest BCUT2D eigenvalue weighted by molar-refractivity contribution is 7.92. The second-order valence-electron chi connectivity index (χ2n) is 19.1. The lowest BCUT2D eigenvalue weighted by Crippen LogP contribution is -2.36. The summed E-state index contributed by atoms with van der Waals surface area (Å²) in [5.74, 6) is 3.35. The Labute approximate surface area is 487 Å². The molecule has 84 heavy (non-hydrogen) atoms. The number of aromatic hydroxyl groups is 1. The monoisotopic (exact) mass is 1160 g/mol. The number of hydrogen-bond acceptors (Lipinski definition) is 17. The second kappa shape index (κ2) is 25.4. The van der Waals surface area contributed by atoms with E-state index in [-0.39, 0.29) is 11.6 Å². The third-order valence-electron chi connectivity index (χ3n) is 13.5. The van der Waals surface area contributed by atoms with Gasteiger partial charge in [0.05, 0.1) is 75.9 Å². The Morgan fingerprint density at radius 1 is 0.607 bits per heavy atom. The Kier molecular flexibility index (Phi) is 16.8. The third-order valence-corrected chi connectivity index (χ3v) is 14.9. The maximum absolute atomic E-state index is 13.1. The summed E-state index contributed by atoms with van der Waals surface area (Å²) < 4.78 is 60.6. The number of benzene rings is 5. The largest absolute Gasteiger partial charge is 0.508 e. The lowest BCUT2D eigenvalue weighted by Gasteiger charge is -2.28. The van der Waals surface area contributed by atoms with Gasteiger partial charge in [-0.25, -0.2) is 42.7 Å². The average molecular weight is 1170 g/mol. The van der Waals surface area contributed by atoms with Crippen LogP contribution in [0.25, 0.3) is 50.7 Å². The second-order valence-corrected chi connectivity index (χ2v) is 21.9. The van der Waals surface area contributed by atoms with Crippen molar-refractivity contribution < 1.29 is 32.1 Å². The molecule has 0 saturated carbocycles. The van der Waals surface area contributed by atoms with Gasteiger partial charge in [-0.05, 0) is 95.9 Å². The Balaban J connectivity index is 0.000000133. The van der Waals surface area contributed by atoms with E-state index < -0.39 is 10.0 Å². The van der Waals surface area contributed by atoms with E-state index in [4.69, 9.17) is 14.2 Å². The molecule has 1 saturated heterocycles. The third kappa shape index (κ3) is 13.1. The molecular weight excluding hydrogens is 1110 g/mol. The zero-order valence-electron chi connectivity index (χ0n) is 45.8. The molecule has 13 rings (SSSR count). The molecule has 5 aromatic carbocycles. The first kappa shape index (κ1) is 55.8. The van der Waals surface area contributed by atoms with Crippen LogP contribution in [0.4, 0.5) is 38.9 Å². The maximum Gasteiger partial charge on any atom is 0.229 e. The Bertz CT molecular complexity index is 4310. The summed E-state index contributed by atoms with van der Waals surface area (Å²) in [4.78, 5) is 30.4. The Hall–Kier alpha value is -10.1. The number of sulfonamides is 1. The number of phenols is 1. The van der Waals surface area contributed by atoms with Gasteiger partial charge in [-0.15, -0.1) is 11.3 Å². The zero-order chi connectivity index (χ0) is 58.0. The van der Waals surface area contributed by atoms with Crippen molar-refractivity contribution in [2.75, 3.05) is 72.4 Å². The van der Waals surface area contributed by atoms with Gasteiger partial charge in [0, 0.05) is 95.4 Å². The lowest BCUT2D eigenvalue weighted by molar-refractivity contribution is 0.122. The number of phenolic OH excluding ortho intramolecular Hbond substituents is 1. The van der Waals surface area contributed by atoms with Crippen LogP contribution in [0, 0.1) is 5.82 Å². The first-order valence-corrected chi connectivity index (χ1v) is 29.2. The number of nitrogens with zero attached hydrogens (tertiary/aromatic N) is 10. The Morgan fingerprint density at radius 2 is 1.18 bits per heavy atom. The van der Waals surface area contributed by atoms with Gasteiger partial charge in [0.1, 0.15) is 11.6 Å². The van der Waals surface area contributed by atoms with Crippen molar-refractivity contribution in [3.05, 3.63) is 205 Å². The molecule has 0 radical (unpaired) electrons. The average Bonchev–Trinajstić information content (AvgIpc) is 3.23. The summed E-state index contributed by atoms with van der Waals surface area (Å²) in [5.41, 5.74) is 11.0. The molecule has 20 nitrogen and oxygen atoms in total. The number of ether oxygens (including phenoxy) is 3. The van der Waals surface area contributed by atoms with Crippen LogP contribution in [0.3, 0.4) is 0 Å². The molecule has 1 aliphatic heterocycles. The predicted octanol–water partition coefficient (Wildman–Crippen LogP) is 11.3. The standard InChI is InChI=1S/C24H25N5O3.C20H18FN5O2S.C17H14N4OS/c1-30-21-8-3-17(15-22(21)31-2)20-16-26-24-23(25-9-10-29(20)24)27-18-4-6-19(7-5-18)28-11-13-32-14-12-28;1-29(27,28)25-17-4-2-3-15(11-17)18-13-24-20-19(22-9-10-26(18)20)23-12-14-5-7-16(21)8-6-14;22-13-4-1-3-12(9-13)15-11-20-17-16(18-6-7-21(15)17)19-10-14-5-2-8-23-14/h3-10,15-16H,11-14H2,1-2H3,(H,25,27);2-11,13,25H,12H2,1H3,(H,22,23);1-9,11,22H,10H2,(H,18,19). The van der Waals surface area contributed by atoms with Gasteiger partial charge >= 0.3 is 0 Å². The number of methoxy groups -OCH3 is 2. The van der Waals surface area contributed by atoms with Crippen LogP contribution in [-0.2, 0) is 27.8 Å². The molecular formula is C61H57FN14O6S2. The van der Waals surface area contributed by atoms with Crippen LogP contribution in [-0.4, -0.2) is 103 Å². The van der Waals surface area contributed by atoms with Crippen LogP contribution >= 0.6 is 11.3 Å². The highest BCUT2D eigenvalue weighted by Gasteiger charge is 2.17. The molecule has 8 heterocycles. The summed E-state index contributed by atoms with van der Waals surface area (Å²) in [7, 11) is -0.105. The summed E-state index contributed by atoms with van der Waals surface area (Å²) in [5, 5.41) is 21.7. The maximum atomic E-state index is 13.1. The normalized spacial score (nSPS) is 12.3. The number of aromatic nitrogens is 9. The summed E-state index contributed by atoms with van der Waals surface area (Å²) in [6, 6.07) is 38.8. The van der Waals surface area contributed by atoms with E-state index >= 15 is 0 Å². The molecule has 426 valence electrons. The van der Waals surface area contributed by atoms with Crippen LogP contribution in [0.15, 0.2) is 189 Å². The number of anilines is 6. The van der Waals surface area contributed by atoms with E-state index in [2.05, 4.69) is 91.2 Å². The number of fused-ring (bicyclic) bond motifs is 3. The van der Waals surface area contributed by atoms with E-state index in [1.54, 1.807) is 105 Å². The fourth-order valence-electron chi connectivity index (χ4n) is 9.44. The van der Waals surface area contributed by atoms with Crippen LogP contribution in [0.2, 0.25) is 0 Å². The van der Waals surface area contributed by atoms with Gasteiger partial charge in [-0.1, -0.05) is 42.5 Å². The molecule has 0 bridgehead atoms. The van der Waals surface area contributed by atoms with Gasteiger partial charge in [0.15, 0.2) is 45.9 Å². The first-order valence-electron chi connectivity index (χ1n) is 26.5. The van der Waals surface area contributed by atoms with Crippen molar-refractivity contribution in [1.82, 2.24) is 43.1 Å². The van der Waals surface area contributed by atoms with Crippen molar-refractivity contribution >= 4 is 72.8 Å². The number of hydrogen-bond donors (Lipinski definition) is 5. The molecule has 23 heteroatoms. The molecule has 5 N–H and O–H groups in total. The van der Waals surface area contributed by atoms with E-state index in [9.17, 15) is 17.9 Å². The highest BCUT2D eigenvalue weighted by Crippen LogP contribution is 2.34. The lowest BCUT2D eigenvalue weighted by atomic mass is 10.1. The van der Waals surface area contributed by atoms with Gasteiger partial charge in [0.2, 0.25) is 10.0 Å². The van der Waals surface area contributed by atoms with E-state index in [0.717, 1.165) is 101 Å². The quantitative estimate of drug-likeness (QED) is 0.0607. The number of rotatable bonds is 16. The van der Waals surface area contributed by atoms with Crippen molar-refractivity contribution in [3.63, 3.8) is 0 Å². The smallest absolute Gasteiger partial charge is 0.229 e. The zero-order valence-corrected chi connectivity index (χ0v) is 47.4. The molecule has 1 aliphatic rings. The van der Waals surface area contributed by atoms with Crippen molar-refractivity contribution in [2.24, 2.45) is 0 Å². The predicted molar refractivity (Wildman–Crippen MR) is 327 cm³/mol. The SMILES string of the molecule is COc1ccc(-c2cnc3c(Nc4ccc(N5CCOCC5)cc4)nccn23)cc1OC.CS(=O)(=O)Nc1cccc(-c2cnc3c(NCc4ccc(F)cc4)nccn23)c1.Oc1cccc(-c2cnc3c(NCc4cccs4)nccn23)c1. The first-order chi connectivity index (χ1) is 41.0. The van der Waals surface area contributed by atoms with Crippen LogP contribution in [0.1, 0.15) is 10.4 Å². The summed E-state index contributed by atoms with van der Waals surface area (Å²) >= 11 is 1.71. The number of halogens is 1. The minimum absolute atomic E-state index is 0.238. The molecule has 0 amide bonds. The van der Waals surface area contributed by atoms with E-state index in [0.29, 0.717) is 41.0 Å². The summed E-state index contributed by atoms with van der Waals surface area (Å²) in [6.45, 7) is 4.57. The molecule has 0 atom stereocenters. The van der Waals surface area contributed by atoms with Crippen molar-refractivity contribution in [3.8, 4) is 51.0 Å². The van der Waals surface area contributed by atoms with Crippen molar-refractivity contribution in [2.45, 2.75) is 13.1 Å². The molecule has 1 fully saturated rings. The van der Waals surface area contributed by atoms with E-state index in [1.807, 2.05) is 74.3 Å². The molecule has 0 unspecified atom stereocenters. The van der Waals surface area contributed by atoms with Gasteiger partial charge < -0.3 is 40.2 Å². The number of nitrogens with one attached hydrogen (secondary N) is 4. The van der Waals surface area contributed by atoms with Gasteiger partial charge in [-0.3, -0.25) is 17.9 Å². The molecule has 0 spiro atoms. The topological polar surface area (TPSA) is 224 Å². The van der Waals surface area contributed by atoms with Crippen LogP contribution in [0.5, 0.6) is 17.2 Å². The summed E-state index contributed by atoms with van der Waals surface area (Å²) in [6.07, 6.45) is 17.2. The van der Waals surface area contributed by atoms with Crippen molar-refractivity contribution in [1.29, 1.82) is 0 Å². The highest BCUT2D eigenvalue weighted by atomic mass is 32.2. The van der Waals surface area contributed by atoms with Gasteiger partial charge in [-0.2, -0.15) is 0 Å². The molecule has 12 aromatic rings. The fourth-order valence-corrected chi connectivity index (χ4v) is 10.6. The Morgan fingerprint density at radius 3 is 1.76 bits per heavy atom. The molecule has 0 aliphatic carbocycles.